The number of ether oxygens (including phenoxy) is 1. The van der Waals surface area contributed by atoms with Gasteiger partial charge < -0.3 is 15.0 Å². The summed E-state index contributed by atoms with van der Waals surface area (Å²) >= 11 is 3.38. The average Bonchev–Trinajstić information content (AvgIpc) is 2.95. The van der Waals surface area contributed by atoms with Gasteiger partial charge in [-0.2, -0.15) is 0 Å². The number of hydrogen-bond acceptors (Lipinski definition) is 5. The lowest BCUT2D eigenvalue weighted by Gasteiger charge is -2.32. The number of halogens is 1. The average molecular weight is 631 g/mol. The Kier molecular flexibility index (Phi) is 11.2. The van der Waals surface area contributed by atoms with Gasteiger partial charge in [-0.15, -0.1) is 0 Å². The molecule has 40 heavy (non-hydrogen) atoms. The Hall–Kier alpha value is -3.37. The number of rotatable bonds is 13. The minimum atomic E-state index is -4.10. The zero-order valence-corrected chi connectivity index (χ0v) is 25.7. The van der Waals surface area contributed by atoms with E-state index in [1.54, 1.807) is 62.6 Å². The van der Waals surface area contributed by atoms with Crippen molar-refractivity contribution in [1.82, 2.24) is 10.2 Å². The molecule has 3 aromatic rings. The maximum atomic E-state index is 13.9. The van der Waals surface area contributed by atoms with E-state index in [4.69, 9.17) is 4.74 Å². The second-order valence-electron chi connectivity index (χ2n) is 9.49. The van der Waals surface area contributed by atoms with Gasteiger partial charge in [-0.05, 0) is 74.4 Å². The topological polar surface area (TPSA) is 96.0 Å². The number of nitrogens with one attached hydrogen (secondary N) is 1. The summed E-state index contributed by atoms with van der Waals surface area (Å²) in [6, 6.07) is 19.6. The van der Waals surface area contributed by atoms with Crippen LogP contribution in [0, 0.1) is 6.92 Å². The Labute approximate surface area is 245 Å². The summed E-state index contributed by atoms with van der Waals surface area (Å²) in [5.74, 6) is -0.142. The second kappa shape index (κ2) is 14.3. The highest BCUT2D eigenvalue weighted by molar-refractivity contribution is 9.10. The first-order chi connectivity index (χ1) is 19.1. The lowest BCUT2D eigenvalue weighted by molar-refractivity contribution is -0.139. The first-order valence-corrected chi connectivity index (χ1v) is 15.3. The zero-order valence-electron chi connectivity index (χ0n) is 23.3. The Morgan fingerprint density at radius 1 is 0.975 bits per heavy atom. The number of amides is 2. The minimum Gasteiger partial charge on any atom is -0.497 e. The standard InChI is InChI=1S/C30H36BrN3O5S/c1-5-6-19-32-30(36)23(3)33(20-24-9-15-27(39-4)16-10-24)29(35)21-34(26-13-11-25(31)12-14-26)40(37,38)28-17-7-22(2)8-18-28/h7-18,23H,5-6,19-21H2,1-4H3,(H,32,36). The molecule has 1 N–H and O–H groups in total. The summed E-state index contributed by atoms with van der Waals surface area (Å²) in [5, 5.41) is 2.89. The fourth-order valence-corrected chi connectivity index (χ4v) is 5.70. The molecule has 3 aromatic carbocycles. The van der Waals surface area contributed by atoms with E-state index in [1.165, 1.54) is 17.0 Å². The molecule has 3 rings (SSSR count). The van der Waals surface area contributed by atoms with Crippen LogP contribution in [-0.4, -0.2) is 51.4 Å². The molecular formula is C30H36BrN3O5S. The first-order valence-electron chi connectivity index (χ1n) is 13.1. The number of anilines is 1. The third kappa shape index (κ3) is 8.08. The molecular weight excluding hydrogens is 594 g/mol. The van der Waals surface area contributed by atoms with Crippen LogP contribution in [0.3, 0.4) is 0 Å². The van der Waals surface area contributed by atoms with Crippen LogP contribution in [0.25, 0.3) is 0 Å². The monoisotopic (exact) mass is 629 g/mol. The first kappa shape index (κ1) is 31.2. The molecule has 0 saturated carbocycles. The summed E-state index contributed by atoms with van der Waals surface area (Å²) in [7, 11) is -2.54. The van der Waals surface area contributed by atoms with E-state index in [-0.39, 0.29) is 17.3 Å². The molecule has 0 aromatic heterocycles. The number of carbonyl (C=O) groups excluding carboxylic acids is 2. The third-order valence-corrected chi connectivity index (χ3v) is 8.83. The van der Waals surface area contributed by atoms with E-state index in [1.807, 2.05) is 26.0 Å². The second-order valence-corrected chi connectivity index (χ2v) is 12.3. The summed E-state index contributed by atoms with van der Waals surface area (Å²) in [5.41, 5.74) is 2.03. The molecule has 214 valence electrons. The molecule has 10 heteroatoms. The highest BCUT2D eigenvalue weighted by atomic mass is 79.9. The highest BCUT2D eigenvalue weighted by Crippen LogP contribution is 2.26. The Bertz CT molecular complexity index is 1380. The number of benzene rings is 3. The molecule has 1 unspecified atom stereocenters. The van der Waals surface area contributed by atoms with Crippen LogP contribution in [0.1, 0.15) is 37.8 Å². The van der Waals surface area contributed by atoms with Crippen molar-refractivity contribution in [3.8, 4) is 5.75 Å². The highest BCUT2D eigenvalue weighted by Gasteiger charge is 2.32. The molecule has 0 fully saturated rings. The van der Waals surface area contributed by atoms with Crippen molar-refractivity contribution < 1.29 is 22.7 Å². The maximum absolute atomic E-state index is 13.9. The maximum Gasteiger partial charge on any atom is 0.264 e. The van der Waals surface area contributed by atoms with E-state index >= 15 is 0 Å². The number of methoxy groups -OCH3 is 1. The van der Waals surface area contributed by atoms with E-state index in [9.17, 15) is 18.0 Å². The van der Waals surface area contributed by atoms with E-state index in [2.05, 4.69) is 21.2 Å². The quantitative estimate of drug-likeness (QED) is 0.259. The van der Waals surface area contributed by atoms with Crippen molar-refractivity contribution >= 4 is 43.5 Å². The molecule has 0 aliphatic heterocycles. The zero-order chi connectivity index (χ0) is 29.3. The molecule has 2 amide bonds. The van der Waals surface area contributed by atoms with Crippen molar-refractivity contribution in [3.05, 3.63) is 88.4 Å². The van der Waals surface area contributed by atoms with E-state index in [0.717, 1.165) is 32.7 Å². The summed E-state index contributed by atoms with van der Waals surface area (Å²) < 4.78 is 34.8. The minimum absolute atomic E-state index is 0.0703. The van der Waals surface area contributed by atoms with E-state index in [0.29, 0.717) is 18.0 Å². The summed E-state index contributed by atoms with van der Waals surface area (Å²) in [6.45, 7) is 5.68. The van der Waals surface area contributed by atoms with Gasteiger partial charge in [0.1, 0.15) is 18.3 Å². The Morgan fingerprint density at radius 2 is 1.60 bits per heavy atom. The molecule has 0 spiro atoms. The number of aryl methyl sites for hydroxylation is 1. The molecule has 8 nitrogen and oxygen atoms in total. The van der Waals surface area contributed by atoms with Crippen LogP contribution in [0.2, 0.25) is 0 Å². The van der Waals surface area contributed by atoms with Gasteiger partial charge in [0.05, 0.1) is 17.7 Å². The van der Waals surface area contributed by atoms with Crippen LogP contribution in [0.4, 0.5) is 5.69 Å². The predicted octanol–water partition coefficient (Wildman–Crippen LogP) is 5.30. The summed E-state index contributed by atoms with van der Waals surface area (Å²) in [4.78, 5) is 28.5. The number of carbonyl (C=O) groups is 2. The van der Waals surface area contributed by atoms with Crippen LogP contribution in [0.15, 0.2) is 82.2 Å². The normalized spacial score (nSPS) is 11.9. The fraction of sp³-hybridized carbons (Fsp3) is 0.333. The molecule has 0 bridgehead atoms. The Balaban J connectivity index is 1.98. The van der Waals surface area contributed by atoms with Crippen LogP contribution >= 0.6 is 15.9 Å². The van der Waals surface area contributed by atoms with Crippen molar-refractivity contribution in [2.75, 3.05) is 24.5 Å². The van der Waals surface area contributed by atoms with Gasteiger partial charge in [0.15, 0.2) is 0 Å². The SMILES string of the molecule is CCCCNC(=O)C(C)N(Cc1ccc(OC)cc1)C(=O)CN(c1ccc(Br)cc1)S(=O)(=O)c1ccc(C)cc1. The van der Waals surface area contributed by atoms with E-state index < -0.39 is 28.5 Å². The fourth-order valence-electron chi connectivity index (χ4n) is 4.02. The number of unbranched alkanes of at least 4 members (excludes halogenated alkanes) is 1. The predicted molar refractivity (Wildman–Crippen MR) is 161 cm³/mol. The largest absolute Gasteiger partial charge is 0.497 e. The van der Waals surface area contributed by atoms with Crippen molar-refractivity contribution in [2.24, 2.45) is 0 Å². The molecule has 1 atom stereocenters. The smallest absolute Gasteiger partial charge is 0.264 e. The lowest BCUT2D eigenvalue weighted by Crippen LogP contribution is -2.51. The van der Waals surface area contributed by atoms with Gasteiger partial charge in [0, 0.05) is 17.6 Å². The van der Waals surface area contributed by atoms with Crippen molar-refractivity contribution in [3.63, 3.8) is 0 Å². The van der Waals surface area contributed by atoms with Crippen LogP contribution in [-0.2, 0) is 26.2 Å². The molecule has 0 aliphatic rings. The molecule has 0 radical (unpaired) electrons. The summed E-state index contributed by atoms with van der Waals surface area (Å²) in [6.07, 6.45) is 1.74. The molecule has 0 saturated heterocycles. The van der Waals surface area contributed by atoms with Crippen molar-refractivity contribution in [1.29, 1.82) is 0 Å². The molecule has 0 heterocycles. The Morgan fingerprint density at radius 3 is 2.17 bits per heavy atom. The van der Waals surface area contributed by atoms with Gasteiger partial charge in [0.2, 0.25) is 11.8 Å². The van der Waals surface area contributed by atoms with Gasteiger partial charge in [-0.1, -0.05) is 59.1 Å². The third-order valence-electron chi connectivity index (χ3n) is 6.51. The van der Waals surface area contributed by atoms with Crippen LogP contribution < -0.4 is 14.4 Å². The lowest BCUT2D eigenvalue weighted by atomic mass is 10.1. The van der Waals surface area contributed by atoms with Gasteiger partial charge >= 0.3 is 0 Å². The van der Waals surface area contributed by atoms with Crippen molar-refractivity contribution in [2.45, 2.75) is 51.1 Å². The number of hydrogen-bond donors (Lipinski definition) is 1. The van der Waals surface area contributed by atoms with Crippen LogP contribution in [0.5, 0.6) is 5.75 Å². The van der Waals surface area contributed by atoms with Gasteiger partial charge in [-0.3, -0.25) is 13.9 Å². The number of nitrogens with zero attached hydrogens (tertiary/aromatic N) is 2. The van der Waals surface area contributed by atoms with Gasteiger partial charge in [0.25, 0.3) is 10.0 Å². The number of sulfonamides is 1. The molecule has 0 aliphatic carbocycles. The van der Waals surface area contributed by atoms with Gasteiger partial charge in [-0.25, -0.2) is 8.42 Å².